The summed E-state index contributed by atoms with van der Waals surface area (Å²) in [5.74, 6) is -0.302. The Labute approximate surface area is 83.2 Å². The number of nitrogens with one attached hydrogen (secondary N) is 1. The van der Waals surface area contributed by atoms with Gasteiger partial charge in [-0.05, 0) is 23.9 Å². The fourth-order valence-electron chi connectivity index (χ4n) is 0.998. The van der Waals surface area contributed by atoms with Gasteiger partial charge in [0.2, 0.25) is 0 Å². The van der Waals surface area contributed by atoms with Gasteiger partial charge in [0.05, 0.1) is 0 Å². The minimum Gasteiger partial charge on any atom is -0.383 e. The number of nitrogens with zero attached hydrogens (tertiary/aromatic N) is 1. The van der Waals surface area contributed by atoms with Crippen molar-refractivity contribution in [1.82, 2.24) is 4.90 Å². The van der Waals surface area contributed by atoms with Gasteiger partial charge in [-0.3, -0.25) is 0 Å². The highest BCUT2D eigenvalue weighted by Crippen LogP contribution is 2.11. The molecule has 0 radical (unpaired) electrons. The van der Waals surface area contributed by atoms with Gasteiger partial charge in [-0.25, -0.2) is 4.39 Å². The van der Waals surface area contributed by atoms with Crippen molar-refractivity contribution in [3.05, 3.63) is 41.3 Å². The van der Waals surface area contributed by atoms with E-state index in [1.807, 2.05) is 19.0 Å². The number of benzene rings is 1. The Morgan fingerprint density at radius 3 is 2.57 bits per heavy atom. The van der Waals surface area contributed by atoms with E-state index in [0.29, 0.717) is 11.1 Å². The summed E-state index contributed by atoms with van der Waals surface area (Å²) in [4.78, 5) is 1.84. The summed E-state index contributed by atoms with van der Waals surface area (Å²) in [6, 6.07) is 4.73. The van der Waals surface area contributed by atoms with Crippen LogP contribution in [0.2, 0.25) is 0 Å². The van der Waals surface area contributed by atoms with E-state index >= 15 is 0 Å². The Morgan fingerprint density at radius 2 is 2.07 bits per heavy atom. The molecule has 74 valence electrons. The molecular formula is C11H13FN2. The van der Waals surface area contributed by atoms with Gasteiger partial charge in [0.25, 0.3) is 0 Å². The van der Waals surface area contributed by atoms with Crippen molar-refractivity contribution in [3.63, 3.8) is 0 Å². The summed E-state index contributed by atoms with van der Waals surface area (Å²) in [7, 11) is 3.75. The minimum absolute atomic E-state index is 0.302. The van der Waals surface area contributed by atoms with Gasteiger partial charge in [-0.15, -0.1) is 0 Å². The van der Waals surface area contributed by atoms with Crippen molar-refractivity contribution in [1.29, 1.82) is 5.41 Å². The van der Waals surface area contributed by atoms with Gasteiger partial charge in [0, 0.05) is 25.9 Å². The molecule has 14 heavy (non-hydrogen) atoms. The molecule has 0 fully saturated rings. The van der Waals surface area contributed by atoms with Crippen LogP contribution in [-0.4, -0.2) is 25.2 Å². The molecule has 1 aromatic carbocycles. The molecule has 0 heterocycles. The highest BCUT2D eigenvalue weighted by molar-refractivity contribution is 5.77. The zero-order valence-electron chi connectivity index (χ0n) is 8.29. The maximum absolute atomic E-state index is 13.3. The predicted molar refractivity (Wildman–Crippen MR) is 57.0 cm³/mol. The van der Waals surface area contributed by atoms with E-state index in [0.717, 1.165) is 6.21 Å². The summed E-state index contributed by atoms with van der Waals surface area (Å²) >= 11 is 0. The molecule has 0 unspecified atom stereocenters. The van der Waals surface area contributed by atoms with Gasteiger partial charge >= 0.3 is 0 Å². The lowest BCUT2D eigenvalue weighted by molar-refractivity contribution is 0.566. The zero-order valence-corrected chi connectivity index (χ0v) is 8.29. The summed E-state index contributed by atoms with van der Waals surface area (Å²) in [5.41, 5.74) is 1.11. The quantitative estimate of drug-likeness (QED) is 0.731. The summed E-state index contributed by atoms with van der Waals surface area (Å²) in [5, 5.41) is 6.96. The molecule has 3 heteroatoms. The molecule has 0 bridgehead atoms. The number of halogens is 1. The molecule has 0 saturated carbocycles. The average molecular weight is 192 g/mol. The van der Waals surface area contributed by atoms with E-state index in [1.54, 1.807) is 24.4 Å². The van der Waals surface area contributed by atoms with Crippen LogP contribution in [0.25, 0.3) is 6.08 Å². The van der Waals surface area contributed by atoms with Crippen LogP contribution in [0.4, 0.5) is 4.39 Å². The highest BCUT2D eigenvalue weighted by Gasteiger charge is 1.98. The topological polar surface area (TPSA) is 27.1 Å². The molecule has 0 aromatic heterocycles. The molecule has 0 aliphatic carbocycles. The molecule has 0 atom stereocenters. The number of hydrogen-bond donors (Lipinski definition) is 1. The van der Waals surface area contributed by atoms with Gasteiger partial charge in [-0.2, -0.15) is 0 Å². The summed E-state index contributed by atoms with van der Waals surface area (Å²) < 4.78 is 13.3. The molecular weight excluding hydrogens is 179 g/mol. The smallest absolute Gasteiger partial charge is 0.131 e. The first-order valence-electron chi connectivity index (χ1n) is 4.28. The van der Waals surface area contributed by atoms with Crippen LogP contribution in [0.5, 0.6) is 0 Å². The van der Waals surface area contributed by atoms with Crippen LogP contribution < -0.4 is 0 Å². The Morgan fingerprint density at radius 1 is 1.36 bits per heavy atom. The van der Waals surface area contributed by atoms with Crippen molar-refractivity contribution in [2.75, 3.05) is 14.1 Å². The number of hydrogen-bond acceptors (Lipinski definition) is 2. The van der Waals surface area contributed by atoms with Crippen LogP contribution in [0.15, 0.2) is 24.4 Å². The lowest BCUT2D eigenvalue weighted by Gasteiger charge is -2.04. The first-order valence-corrected chi connectivity index (χ1v) is 4.28. The molecule has 1 aromatic rings. The molecule has 2 nitrogen and oxygen atoms in total. The maximum atomic E-state index is 13.3. The Balaban J connectivity index is 2.94. The van der Waals surface area contributed by atoms with E-state index in [-0.39, 0.29) is 5.82 Å². The first-order chi connectivity index (χ1) is 6.63. The molecule has 0 aliphatic rings. The standard InChI is InChI=1S/C11H13FN2/c1-14(2)6-5-10-4-3-9(8-13)7-11(10)12/h3-8,13H,1-2H3/b6-5+,13-8?. The van der Waals surface area contributed by atoms with E-state index in [1.165, 1.54) is 6.07 Å². The van der Waals surface area contributed by atoms with Crippen molar-refractivity contribution in [2.24, 2.45) is 0 Å². The van der Waals surface area contributed by atoms with Gasteiger partial charge in [-0.1, -0.05) is 12.1 Å². The van der Waals surface area contributed by atoms with Crippen LogP contribution in [0, 0.1) is 11.2 Å². The molecule has 0 aliphatic heterocycles. The second kappa shape index (κ2) is 4.56. The van der Waals surface area contributed by atoms with E-state index in [2.05, 4.69) is 0 Å². The molecule has 1 N–H and O–H groups in total. The maximum Gasteiger partial charge on any atom is 0.131 e. The first kappa shape index (κ1) is 10.4. The second-order valence-corrected chi connectivity index (χ2v) is 3.20. The summed E-state index contributed by atoms with van der Waals surface area (Å²) in [6.45, 7) is 0. The monoisotopic (exact) mass is 192 g/mol. The Hall–Kier alpha value is -1.64. The van der Waals surface area contributed by atoms with Crippen molar-refractivity contribution >= 4 is 12.3 Å². The lowest BCUT2D eigenvalue weighted by atomic mass is 10.1. The highest BCUT2D eigenvalue weighted by atomic mass is 19.1. The number of rotatable bonds is 3. The zero-order chi connectivity index (χ0) is 10.6. The van der Waals surface area contributed by atoms with E-state index in [9.17, 15) is 4.39 Å². The average Bonchev–Trinajstić information content (AvgIpc) is 2.15. The third-order valence-electron chi connectivity index (χ3n) is 1.74. The van der Waals surface area contributed by atoms with Crippen LogP contribution in [-0.2, 0) is 0 Å². The largest absolute Gasteiger partial charge is 0.383 e. The molecule has 0 saturated heterocycles. The van der Waals surface area contributed by atoms with Crippen LogP contribution in [0.1, 0.15) is 11.1 Å². The normalized spacial score (nSPS) is 10.5. The summed E-state index contributed by atoms with van der Waals surface area (Å²) in [6.07, 6.45) is 4.61. The lowest BCUT2D eigenvalue weighted by Crippen LogP contribution is -2.00. The molecule has 0 spiro atoms. The predicted octanol–water partition coefficient (Wildman–Crippen LogP) is 2.36. The fourth-order valence-corrected chi connectivity index (χ4v) is 0.998. The SMILES string of the molecule is CN(C)/C=C/c1ccc(C=N)cc1F. The minimum atomic E-state index is -0.302. The third-order valence-corrected chi connectivity index (χ3v) is 1.74. The Bertz CT molecular complexity index is 356. The van der Waals surface area contributed by atoms with Gasteiger partial charge in [0.1, 0.15) is 5.82 Å². The third kappa shape index (κ3) is 2.69. The fraction of sp³-hybridized carbons (Fsp3) is 0.182. The van der Waals surface area contributed by atoms with Crippen LogP contribution in [0.3, 0.4) is 0 Å². The van der Waals surface area contributed by atoms with Crippen molar-refractivity contribution in [2.45, 2.75) is 0 Å². The van der Waals surface area contributed by atoms with Crippen molar-refractivity contribution < 1.29 is 4.39 Å². The van der Waals surface area contributed by atoms with E-state index in [4.69, 9.17) is 5.41 Å². The molecule has 1 rings (SSSR count). The van der Waals surface area contributed by atoms with Crippen molar-refractivity contribution in [3.8, 4) is 0 Å². The Kier molecular flexibility index (Phi) is 3.40. The van der Waals surface area contributed by atoms with Gasteiger partial charge < -0.3 is 10.3 Å². The van der Waals surface area contributed by atoms with E-state index < -0.39 is 0 Å². The second-order valence-electron chi connectivity index (χ2n) is 3.20. The van der Waals surface area contributed by atoms with Crippen LogP contribution >= 0.6 is 0 Å². The van der Waals surface area contributed by atoms with Gasteiger partial charge in [0.15, 0.2) is 0 Å². The molecule has 0 amide bonds.